The number of fused-ring (bicyclic) bond motifs is 4. The van der Waals surface area contributed by atoms with Gasteiger partial charge >= 0.3 is 0 Å². The molecule has 23 heteroatoms. The summed E-state index contributed by atoms with van der Waals surface area (Å²) in [5.74, 6) is 7.89. The Balaban J connectivity index is 0.000000168. The number of imidazole rings is 2. The van der Waals surface area contributed by atoms with Gasteiger partial charge in [0.25, 0.3) is 0 Å². The van der Waals surface area contributed by atoms with E-state index in [9.17, 15) is 8.78 Å². The van der Waals surface area contributed by atoms with Crippen LogP contribution in [0, 0.1) is 11.6 Å². The molecule has 0 saturated carbocycles. The fourth-order valence-corrected chi connectivity index (χ4v) is 9.05. The van der Waals surface area contributed by atoms with Gasteiger partial charge in [0, 0.05) is 64.3 Å². The van der Waals surface area contributed by atoms with Crippen LogP contribution in [0.25, 0.3) is 42.8 Å². The number of hydrazine groups is 1. The third kappa shape index (κ3) is 11.5. The predicted molar refractivity (Wildman–Crippen MR) is 259 cm³/mol. The molecule has 0 aliphatic rings. The number of rotatable bonds is 19. The Hall–Kier alpha value is -6.95. The van der Waals surface area contributed by atoms with Crippen LogP contribution in [0.5, 0.6) is 0 Å². The van der Waals surface area contributed by atoms with E-state index < -0.39 is 0 Å². The summed E-state index contributed by atoms with van der Waals surface area (Å²) < 4.78 is 27.8. The number of nitrogen functional groups attached to an aromatic ring is 1. The molecule has 8 heterocycles. The van der Waals surface area contributed by atoms with E-state index >= 15 is 0 Å². The highest BCUT2D eigenvalue weighted by Crippen LogP contribution is 2.29. The van der Waals surface area contributed by atoms with Gasteiger partial charge in [-0.15, -0.1) is 0 Å². The molecule has 0 fully saturated rings. The zero-order valence-corrected chi connectivity index (χ0v) is 38.0. The fourth-order valence-electron chi connectivity index (χ4n) is 6.96. The van der Waals surface area contributed by atoms with E-state index in [4.69, 9.17) is 22.4 Å². The molecule has 0 bridgehead atoms. The zero-order chi connectivity index (χ0) is 46.0. The van der Waals surface area contributed by atoms with Crippen LogP contribution in [0.3, 0.4) is 0 Å². The first-order valence-corrected chi connectivity index (χ1v) is 23.3. The van der Waals surface area contributed by atoms with E-state index in [0.29, 0.717) is 43.7 Å². The minimum Gasteiger partial charge on any atom is -0.362 e. The van der Waals surface area contributed by atoms with Gasteiger partial charge in [0.05, 0.1) is 56.6 Å². The lowest BCUT2D eigenvalue weighted by atomic mass is 10.3. The summed E-state index contributed by atoms with van der Waals surface area (Å²) in [6, 6.07) is 21.9. The maximum absolute atomic E-state index is 13.9. The second-order valence-corrected chi connectivity index (χ2v) is 17.3. The number of nitrogens with zero attached hydrogens (tertiary/aromatic N) is 10. The average Bonchev–Trinajstić information content (AvgIpc) is 4.15. The van der Waals surface area contributed by atoms with Crippen molar-refractivity contribution >= 4 is 94.6 Å². The zero-order valence-electron chi connectivity index (χ0n) is 35.7. The predicted octanol–water partition coefficient (Wildman–Crippen LogP) is 6.91. The molecule has 0 amide bonds. The first-order chi connectivity index (χ1) is 32.8. The Bertz CT molecular complexity index is 3180. The maximum Gasteiger partial charge on any atom is 0.240 e. The lowest BCUT2D eigenvalue weighted by molar-refractivity contribution is 0.602. The summed E-state index contributed by atoms with van der Waals surface area (Å²) in [6.45, 7) is 3.47. The van der Waals surface area contributed by atoms with E-state index in [2.05, 4.69) is 81.5 Å². The Morgan fingerprint density at radius 2 is 1.04 bits per heavy atom. The smallest absolute Gasteiger partial charge is 0.240 e. The molecule has 67 heavy (non-hydrogen) atoms. The summed E-state index contributed by atoms with van der Waals surface area (Å²) in [5, 5.41) is 15.0. The van der Waals surface area contributed by atoms with Crippen LogP contribution in [-0.2, 0) is 38.8 Å². The normalized spacial score (nSPS) is 11.4. The second-order valence-electron chi connectivity index (χ2n) is 14.9. The van der Waals surface area contributed by atoms with E-state index in [1.165, 1.54) is 34.8 Å². The number of benzene rings is 2. The van der Waals surface area contributed by atoms with Crippen molar-refractivity contribution in [3.63, 3.8) is 0 Å². The molecular weight excluding hydrogens is 918 g/mol. The first kappa shape index (κ1) is 45.2. The van der Waals surface area contributed by atoms with E-state index in [-0.39, 0.29) is 36.0 Å². The van der Waals surface area contributed by atoms with Crippen LogP contribution < -0.4 is 32.5 Å². The number of thiazole rings is 2. The number of nitrogens with one attached hydrogen (secondary N) is 7. The SMILES string of the molecule is Fc1cccnc1CNc1nc(Cl)nc2sc(CCNCCc3nc4ccccc4[nH]3)nc12.NNc1nc(NCc2ncccc2F)c2nc(CCNCCc3nc4ccccc4[nH]3)sc2n1. The topological polar surface area (TPSA) is 247 Å². The van der Waals surface area contributed by atoms with E-state index in [1.807, 2.05) is 48.5 Å². The van der Waals surface area contributed by atoms with Gasteiger partial charge in [0.15, 0.2) is 21.3 Å². The van der Waals surface area contributed by atoms with Crippen molar-refractivity contribution in [1.29, 1.82) is 0 Å². The lowest BCUT2D eigenvalue weighted by Crippen LogP contribution is -2.20. The molecule has 0 atom stereocenters. The molecule has 9 N–H and O–H groups in total. The summed E-state index contributed by atoms with van der Waals surface area (Å²) in [4.78, 5) is 52.0. The molecule has 8 aromatic heterocycles. The molecule has 342 valence electrons. The number of anilines is 3. The first-order valence-electron chi connectivity index (χ1n) is 21.3. The highest BCUT2D eigenvalue weighted by molar-refractivity contribution is 7.18. The van der Waals surface area contributed by atoms with Crippen molar-refractivity contribution in [3.8, 4) is 0 Å². The second kappa shape index (κ2) is 21.6. The number of aromatic nitrogens is 12. The standard InChI is InChI=1S/C22H20ClFN8S.C22H23FN10S/c23-22-31-20(27-12-16-13(24)4-3-9-26-16)19-21(32-22)33-18(30-19)8-11-25-10-7-17-28-14-5-1-2-6-15(14)29-17;23-13-4-3-9-26-16(13)12-27-20-19-21(32-22(31-20)33-24)34-18(30-19)8-11-25-10-7-17-28-14-5-1-2-6-15(14)29-17/h1-6,9,25H,7-8,10-12H2,(H,28,29)(H,27,31,32);1-6,9,25H,7-8,10-12,24H2,(H,28,29)(H2,27,31,32,33). The minimum atomic E-state index is -0.384. The van der Waals surface area contributed by atoms with Crippen LogP contribution in [0.1, 0.15) is 33.1 Å². The molecule has 10 aromatic rings. The van der Waals surface area contributed by atoms with Crippen LogP contribution >= 0.6 is 34.3 Å². The third-order valence-corrected chi connectivity index (χ3v) is 12.4. The van der Waals surface area contributed by atoms with Gasteiger partial charge in [-0.25, -0.2) is 39.5 Å². The number of aromatic amines is 2. The van der Waals surface area contributed by atoms with Gasteiger partial charge in [0.2, 0.25) is 11.2 Å². The molecule has 10 rings (SSSR count). The van der Waals surface area contributed by atoms with Crippen LogP contribution in [0.15, 0.2) is 85.2 Å². The largest absolute Gasteiger partial charge is 0.362 e. The van der Waals surface area contributed by atoms with Gasteiger partial charge in [-0.05, 0) is 60.1 Å². The number of pyridine rings is 2. The molecule has 0 unspecified atom stereocenters. The molecule has 2 aromatic carbocycles. The van der Waals surface area contributed by atoms with Crippen molar-refractivity contribution in [1.82, 2.24) is 70.4 Å². The van der Waals surface area contributed by atoms with Gasteiger partial charge in [-0.2, -0.15) is 15.0 Å². The highest BCUT2D eigenvalue weighted by atomic mass is 35.5. The number of para-hydroxylation sites is 4. The Labute approximate surface area is 394 Å². The van der Waals surface area contributed by atoms with Crippen molar-refractivity contribution in [2.45, 2.75) is 38.8 Å². The number of H-pyrrole nitrogens is 2. The maximum atomic E-state index is 13.9. The summed E-state index contributed by atoms with van der Waals surface area (Å²) >= 11 is 9.04. The summed E-state index contributed by atoms with van der Waals surface area (Å²) in [7, 11) is 0. The number of hydrogen-bond donors (Lipinski definition) is 8. The van der Waals surface area contributed by atoms with Gasteiger partial charge in [0.1, 0.15) is 34.3 Å². The molecule has 18 nitrogen and oxygen atoms in total. The van der Waals surface area contributed by atoms with E-state index in [1.54, 1.807) is 24.5 Å². The van der Waals surface area contributed by atoms with Gasteiger partial charge in [-0.1, -0.05) is 46.9 Å². The van der Waals surface area contributed by atoms with Crippen LogP contribution in [-0.4, -0.2) is 86.0 Å². The molecule has 0 radical (unpaired) electrons. The van der Waals surface area contributed by atoms with Crippen molar-refractivity contribution in [3.05, 3.63) is 135 Å². The van der Waals surface area contributed by atoms with E-state index in [0.717, 1.165) is 95.6 Å². The summed E-state index contributed by atoms with van der Waals surface area (Å²) in [5.41, 5.74) is 8.37. The number of nitrogens with two attached hydrogens (primary N) is 1. The fraction of sp³-hybridized carbons (Fsp3) is 0.227. The van der Waals surface area contributed by atoms with Gasteiger partial charge in [-0.3, -0.25) is 15.4 Å². The van der Waals surface area contributed by atoms with Crippen molar-refractivity contribution in [2.75, 3.05) is 42.2 Å². The quantitative estimate of drug-likeness (QED) is 0.0178. The highest BCUT2D eigenvalue weighted by Gasteiger charge is 2.16. The third-order valence-electron chi connectivity index (χ3n) is 10.2. The Morgan fingerprint density at radius 3 is 1.55 bits per heavy atom. The van der Waals surface area contributed by atoms with Crippen LogP contribution in [0.4, 0.5) is 26.4 Å². The molecule has 0 aliphatic heterocycles. The minimum absolute atomic E-state index is 0.116. The molecule has 0 spiro atoms. The molecule has 0 saturated heterocycles. The van der Waals surface area contributed by atoms with Crippen molar-refractivity contribution in [2.24, 2.45) is 5.84 Å². The number of hydrogen-bond acceptors (Lipinski definition) is 18. The van der Waals surface area contributed by atoms with Crippen molar-refractivity contribution < 1.29 is 8.78 Å². The Kier molecular flexibility index (Phi) is 14.6. The molecule has 0 aliphatic carbocycles. The summed E-state index contributed by atoms with van der Waals surface area (Å²) in [6.07, 6.45) is 6.20. The average molecular weight is 962 g/mol. The monoisotopic (exact) mass is 960 g/mol. The van der Waals surface area contributed by atoms with Gasteiger partial charge < -0.3 is 31.2 Å². The van der Waals surface area contributed by atoms with Crippen LogP contribution in [0.2, 0.25) is 5.28 Å². The lowest BCUT2D eigenvalue weighted by Gasteiger charge is -2.07. The molecular formula is C44H43ClF2N18S2. The number of halogens is 3. The Morgan fingerprint density at radius 1 is 0.552 bits per heavy atom.